The molecule has 1 rings (SSSR count). The number of hydrogen-bond donors (Lipinski definition) is 1. The summed E-state index contributed by atoms with van der Waals surface area (Å²) >= 11 is 3.69. The monoisotopic (exact) mass is 387 g/mol. The van der Waals surface area contributed by atoms with Crippen molar-refractivity contribution < 1.29 is 8.42 Å². The number of aryl methyl sites for hydroxylation is 1. The molecule has 0 saturated carbocycles. The molecule has 3 nitrogen and oxygen atoms in total. The van der Waals surface area contributed by atoms with Crippen molar-refractivity contribution in [3.63, 3.8) is 0 Å². The average molecular weight is 387 g/mol. The molecular formula is C11H18INO2S2. The van der Waals surface area contributed by atoms with Gasteiger partial charge in [-0.1, -0.05) is 35.9 Å². The summed E-state index contributed by atoms with van der Waals surface area (Å²) < 4.78 is 28.0. The van der Waals surface area contributed by atoms with Crippen molar-refractivity contribution in [2.75, 3.05) is 11.0 Å². The lowest BCUT2D eigenvalue weighted by molar-refractivity contribution is 0.578. The van der Waals surface area contributed by atoms with Crippen LogP contribution in [0.4, 0.5) is 0 Å². The van der Waals surface area contributed by atoms with Crippen molar-refractivity contribution in [2.24, 2.45) is 0 Å². The molecule has 0 atom stereocenters. The van der Waals surface area contributed by atoms with Crippen LogP contribution in [0.5, 0.6) is 0 Å². The summed E-state index contributed by atoms with van der Waals surface area (Å²) in [5.74, 6) is 0. The highest BCUT2D eigenvalue weighted by molar-refractivity contribution is 14.1. The zero-order chi connectivity index (χ0) is 12.7. The van der Waals surface area contributed by atoms with E-state index in [4.69, 9.17) is 0 Å². The van der Waals surface area contributed by atoms with Crippen molar-refractivity contribution in [2.45, 2.75) is 36.8 Å². The van der Waals surface area contributed by atoms with Crippen LogP contribution < -0.4 is 4.72 Å². The minimum absolute atomic E-state index is 0.434. The van der Waals surface area contributed by atoms with Gasteiger partial charge in [0.05, 0.1) is 0 Å². The smallest absolute Gasteiger partial charge is 0.210 e. The molecular weight excluding hydrogens is 369 g/mol. The summed E-state index contributed by atoms with van der Waals surface area (Å²) in [6.07, 6.45) is 4.03. The fourth-order valence-electron chi connectivity index (χ4n) is 1.37. The number of nitrogens with one attached hydrogen (secondary N) is 1. The molecule has 0 aliphatic carbocycles. The second-order valence-corrected chi connectivity index (χ2v) is 7.96. The second kappa shape index (κ2) is 7.70. The molecule has 17 heavy (non-hydrogen) atoms. The molecule has 98 valence electrons. The molecule has 1 aromatic rings. The van der Waals surface area contributed by atoms with E-state index in [-0.39, 0.29) is 0 Å². The molecule has 0 radical (unpaired) electrons. The molecule has 0 amide bonds. The van der Waals surface area contributed by atoms with Gasteiger partial charge in [0.25, 0.3) is 0 Å². The minimum Gasteiger partial charge on any atom is -0.210 e. The van der Waals surface area contributed by atoms with E-state index in [0.29, 0.717) is 10.8 Å². The maximum atomic E-state index is 11.9. The van der Waals surface area contributed by atoms with E-state index in [2.05, 4.69) is 27.3 Å². The van der Waals surface area contributed by atoms with Gasteiger partial charge in [0, 0.05) is 11.4 Å². The Hall–Kier alpha value is 0.340. The Balaban J connectivity index is 2.45. The van der Waals surface area contributed by atoms with E-state index >= 15 is 0 Å². The lowest BCUT2D eigenvalue weighted by atomic mass is 10.3. The van der Waals surface area contributed by atoms with Crippen molar-refractivity contribution >= 4 is 44.0 Å². The van der Waals surface area contributed by atoms with Gasteiger partial charge in [0.15, 0.2) is 0 Å². The zero-order valence-corrected chi connectivity index (χ0v) is 13.7. The minimum atomic E-state index is -3.27. The van der Waals surface area contributed by atoms with Gasteiger partial charge < -0.3 is 0 Å². The van der Waals surface area contributed by atoms with Crippen LogP contribution in [0.3, 0.4) is 0 Å². The second-order valence-electron chi connectivity index (χ2n) is 3.72. The number of hydrogen-bond acceptors (Lipinski definition) is 3. The summed E-state index contributed by atoms with van der Waals surface area (Å²) in [6.45, 7) is 2.57. The van der Waals surface area contributed by atoms with Gasteiger partial charge in [-0.15, -0.1) is 11.3 Å². The highest BCUT2D eigenvalue weighted by Crippen LogP contribution is 2.21. The van der Waals surface area contributed by atoms with Gasteiger partial charge in [-0.05, 0) is 35.8 Å². The fourth-order valence-corrected chi connectivity index (χ4v) is 4.32. The Morgan fingerprint density at radius 2 is 2.06 bits per heavy atom. The maximum absolute atomic E-state index is 11.9. The quantitative estimate of drug-likeness (QED) is 0.423. The molecule has 6 heteroatoms. The van der Waals surface area contributed by atoms with Crippen LogP contribution in [0.25, 0.3) is 0 Å². The first-order chi connectivity index (χ1) is 8.10. The Morgan fingerprint density at radius 1 is 1.29 bits per heavy atom. The Morgan fingerprint density at radius 3 is 2.65 bits per heavy atom. The van der Waals surface area contributed by atoms with Crippen molar-refractivity contribution in [3.8, 4) is 0 Å². The number of rotatable bonds is 8. The van der Waals surface area contributed by atoms with E-state index in [0.717, 1.165) is 35.0 Å². The van der Waals surface area contributed by atoms with Crippen LogP contribution in [0.1, 0.15) is 31.1 Å². The van der Waals surface area contributed by atoms with Gasteiger partial charge in [-0.25, -0.2) is 13.1 Å². The first-order valence-corrected chi connectivity index (χ1v) is 9.57. The molecule has 1 aromatic heterocycles. The summed E-state index contributed by atoms with van der Waals surface area (Å²) in [5, 5.41) is 0. The van der Waals surface area contributed by atoms with Gasteiger partial charge in [0.2, 0.25) is 10.0 Å². The van der Waals surface area contributed by atoms with Crippen molar-refractivity contribution in [1.82, 2.24) is 4.72 Å². The van der Waals surface area contributed by atoms with Crippen LogP contribution >= 0.6 is 33.9 Å². The molecule has 0 spiro atoms. The van der Waals surface area contributed by atoms with Gasteiger partial charge in [-0.3, -0.25) is 0 Å². The Kier molecular flexibility index (Phi) is 6.98. The van der Waals surface area contributed by atoms with E-state index in [1.165, 1.54) is 11.3 Å². The number of halogens is 1. The molecule has 0 unspecified atom stereocenters. The summed E-state index contributed by atoms with van der Waals surface area (Å²) in [7, 11) is -3.27. The number of unbranched alkanes of at least 4 members (excludes halogenated alkanes) is 2. The van der Waals surface area contributed by atoms with Gasteiger partial charge in [-0.2, -0.15) is 0 Å². The summed E-state index contributed by atoms with van der Waals surface area (Å²) in [6, 6.07) is 3.58. The van der Waals surface area contributed by atoms with E-state index in [9.17, 15) is 8.42 Å². The van der Waals surface area contributed by atoms with Crippen LogP contribution in [0.2, 0.25) is 0 Å². The lowest BCUT2D eigenvalue weighted by Crippen LogP contribution is -2.23. The normalized spacial score (nSPS) is 11.9. The topological polar surface area (TPSA) is 46.2 Å². The fraction of sp³-hybridized carbons (Fsp3) is 0.636. The highest BCUT2D eigenvalue weighted by atomic mass is 127. The van der Waals surface area contributed by atoms with Crippen LogP contribution in [-0.4, -0.2) is 19.4 Å². The summed E-state index contributed by atoms with van der Waals surface area (Å²) in [4.78, 5) is 1.11. The maximum Gasteiger partial charge on any atom is 0.250 e. The zero-order valence-electron chi connectivity index (χ0n) is 9.91. The van der Waals surface area contributed by atoms with Crippen LogP contribution in [0.15, 0.2) is 16.3 Å². The van der Waals surface area contributed by atoms with Gasteiger partial charge in [0.1, 0.15) is 4.21 Å². The van der Waals surface area contributed by atoms with E-state index in [1.807, 2.05) is 13.0 Å². The third-order valence-electron chi connectivity index (χ3n) is 2.35. The molecule has 1 heterocycles. The Bertz CT molecular complexity index is 428. The summed E-state index contributed by atoms with van der Waals surface area (Å²) in [5.41, 5.74) is 0. The first kappa shape index (κ1) is 15.4. The standard InChI is InChI=1S/C11H18INO2S2/c1-2-10-6-7-11(16-10)17(14,15)13-9-5-3-4-8-12/h6-7,13H,2-5,8-9H2,1H3. The molecule has 0 aliphatic heterocycles. The number of sulfonamides is 1. The van der Waals surface area contributed by atoms with Crippen LogP contribution in [0, 0.1) is 0 Å². The number of thiophene rings is 1. The predicted octanol–water partition coefficient (Wildman–Crippen LogP) is 3.19. The molecule has 0 aromatic carbocycles. The van der Waals surface area contributed by atoms with Crippen molar-refractivity contribution in [1.29, 1.82) is 0 Å². The molecule has 0 saturated heterocycles. The highest BCUT2D eigenvalue weighted by Gasteiger charge is 2.15. The largest absolute Gasteiger partial charge is 0.250 e. The van der Waals surface area contributed by atoms with Gasteiger partial charge >= 0.3 is 0 Å². The molecule has 0 aliphatic rings. The molecule has 0 bridgehead atoms. The SMILES string of the molecule is CCc1ccc(S(=O)(=O)NCCCCCI)s1. The van der Waals surface area contributed by atoms with E-state index in [1.54, 1.807) is 6.07 Å². The van der Waals surface area contributed by atoms with Crippen molar-refractivity contribution in [3.05, 3.63) is 17.0 Å². The number of alkyl halides is 1. The van der Waals surface area contributed by atoms with Crippen LogP contribution in [-0.2, 0) is 16.4 Å². The third-order valence-corrected chi connectivity index (χ3v) is 6.30. The first-order valence-electron chi connectivity index (χ1n) is 5.74. The predicted molar refractivity (Wildman–Crippen MR) is 81.6 cm³/mol. The Labute approximate surface area is 121 Å². The third kappa shape index (κ3) is 5.23. The lowest BCUT2D eigenvalue weighted by Gasteiger charge is -2.03. The molecule has 0 fully saturated rings. The average Bonchev–Trinajstić information content (AvgIpc) is 2.78. The molecule has 1 N–H and O–H groups in total. The van der Waals surface area contributed by atoms with E-state index < -0.39 is 10.0 Å².